The molecule has 0 aromatic rings. The first-order valence-corrected chi connectivity index (χ1v) is 3.93. The van der Waals surface area contributed by atoms with E-state index in [-0.39, 0.29) is 0 Å². The molecule has 8 heavy (non-hydrogen) atoms. The van der Waals surface area contributed by atoms with Gasteiger partial charge in [-0.3, -0.25) is 0 Å². The summed E-state index contributed by atoms with van der Waals surface area (Å²) in [4.78, 5) is 0. The van der Waals surface area contributed by atoms with Crippen molar-refractivity contribution >= 4 is 19.4 Å². The van der Waals surface area contributed by atoms with Crippen molar-refractivity contribution in [2.24, 2.45) is 0 Å². The lowest BCUT2D eigenvalue weighted by atomic mass is 10.4. The van der Waals surface area contributed by atoms with Crippen LogP contribution in [0.3, 0.4) is 0 Å². The van der Waals surface area contributed by atoms with Gasteiger partial charge in [0.1, 0.15) is 0 Å². The monoisotopic (exact) mass is 147 g/mol. The molecule has 1 aliphatic heterocycles. The van der Waals surface area contributed by atoms with Crippen LogP contribution in [0.4, 0.5) is 0 Å². The lowest BCUT2D eigenvalue weighted by molar-refractivity contribution is 0.597. The minimum atomic E-state index is -1.35. The Morgan fingerprint density at radius 3 is 2.50 bits per heavy atom. The van der Waals surface area contributed by atoms with E-state index in [4.69, 9.17) is 11.6 Å². The minimum absolute atomic E-state index is 0.500. The summed E-state index contributed by atoms with van der Waals surface area (Å²) in [6, 6.07) is 0. The summed E-state index contributed by atoms with van der Waals surface area (Å²) in [6.07, 6.45) is 1.78. The topological polar surface area (TPSA) is 17.1 Å². The third kappa shape index (κ3) is 0.841. The summed E-state index contributed by atoms with van der Waals surface area (Å²) in [7, 11) is -1.35. The fourth-order valence-electron chi connectivity index (χ4n) is 0.488. The molecule has 0 aromatic carbocycles. The third-order valence-corrected chi connectivity index (χ3v) is 2.94. The highest BCUT2D eigenvalue weighted by atomic mass is 35.5. The van der Waals surface area contributed by atoms with E-state index in [1.807, 2.05) is 6.92 Å². The van der Waals surface area contributed by atoms with E-state index >= 15 is 0 Å². The summed E-state index contributed by atoms with van der Waals surface area (Å²) in [5.74, 6) is 1.62. The SMILES string of the molecule is CC1=C(Cl)[P+](=O)C=C1. The van der Waals surface area contributed by atoms with E-state index in [1.165, 1.54) is 0 Å². The molecule has 0 N–H and O–H groups in total. The van der Waals surface area contributed by atoms with Gasteiger partial charge >= 0.3 is 7.80 Å². The van der Waals surface area contributed by atoms with Crippen LogP contribution in [0.25, 0.3) is 0 Å². The zero-order valence-corrected chi connectivity index (χ0v) is 6.04. The average Bonchev–Trinajstić information content (AvgIpc) is 1.98. The summed E-state index contributed by atoms with van der Waals surface area (Å²) in [5.41, 5.74) is 0.924. The highest BCUT2D eigenvalue weighted by Crippen LogP contribution is 2.44. The van der Waals surface area contributed by atoms with Crippen LogP contribution in [0.5, 0.6) is 0 Å². The standard InChI is InChI=1S/C5H5ClOP/c1-4-2-3-8(7)5(4)6/h2-3H,1H3/q+1. The number of rotatable bonds is 0. The minimum Gasteiger partial charge on any atom is -0.0609 e. The Morgan fingerprint density at radius 2 is 2.38 bits per heavy atom. The molecule has 0 fully saturated rings. The van der Waals surface area contributed by atoms with Crippen LogP contribution in [0.15, 0.2) is 22.2 Å². The van der Waals surface area contributed by atoms with Gasteiger partial charge in [0, 0.05) is 5.57 Å². The Morgan fingerprint density at radius 1 is 1.75 bits per heavy atom. The molecule has 0 saturated heterocycles. The molecule has 1 nitrogen and oxygen atoms in total. The van der Waals surface area contributed by atoms with Gasteiger partial charge < -0.3 is 0 Å². The largest absolute Gasteiger partial charge is 0.420 e. The molecule has 1 atom stereocenters. The molecule has 0 amide bonds. The number of hydrogen-bond donors (Lipinski definition) is 0. The van der Waals surface area contributed by atoms with E-state index < -0.39 is 7.80 Å². The van der Waals surface area contributed by atoms with Gasteiger partial charge in [-0.2, -0.15) is 0 Å². The molecule has 1 rings (SSSR count). The van der Waals surface area contributed by atoms with E-state index in [0.717, 1.165) is 5.57 Å². The molecule has 0 spiro atoms. The predicted molar refractivity (Wildman–Crippen MR) is 35.3 cm³/mol. The predicted octanol–water partition coefficient (Wildman–Crippen LogP) is 2.81. The van der Waals surface area contributed by atoms with E-state index in [1.54, 1.807) is 11.9 Å². The molecule has 1 aliphatic rings. The number of halogens is 1. The van der Waals surface area contributed by atoms with Gasteiger partial charge in [0.25, 0.3) is 4.77 Å². The van der Waals surface area contributed by atoms with Crippen molar-refractivity contribution in [2.45, 2.75) is 6.92 Å². The van der Waals surface area contributed by atoms with Crippen LogP contribution >= 0.6 is 19.4 Å². The first kappa shape index (κ1) is 6.00. The van der Waals surface area contributed by atoms with E-state index in [0.29, 0.717) is 4.77 Å². The second kappa shape index (κ2) is 2.00. The van der Waals surface area contributed by atoms with Gasteiger partial charge in [-0.25, -0.2) is 0 Å². The molecule has 1 heterocycles. The van der Waals surface area contributed by atoms with Crippen molar-refractivity contribution < 1.29 is 4.57 Å². The Hall–Kier alpha value is -0.130. The van der Waals surface area contributed by atoms with Crippen LogP contribution in [0.2, 0.25) is 0 Å². The molecule has 0 aliphatic carbocycles. The second-order valence-electron chi connectivity index (χ2n) is 1.62. The second-order valence-corrected chi connectivity index (χ2v) is 3.65. The highest BCUT2D eigenvalue weighted by Gasteiger charge is 2.24. The van der Waals surface area contributed by atoms with Gasteiger partial charge in [0.05, 0.1) is 0 Å². The summed E-state index contributed by atoms with van der Waals surface area (Å²) >= 11 is 5.55. The zero-order valence-electron chi connectivity index (χ0n) is 4.39. The maximum absolute atomic E-state index is 10.7. The van der Waals surface area contributed by atoms with Crippen LogP contribution < -0.4 is 0 Å². The molecule has 3 heteroatoms. The lowest BCUT2D eigenvalue weighted by Crippen LogP contribution is -1.59. The molecular weight excluding hydrogens is 142 g/mol. The van der Waals surface area contributed by atoms with Crippen LogP contribution in [-0.4, -0.2) is 0 Å². The van der Waals surface area contributed by atoms with E-state index in [2.05, 4.69) is 0 Å². The first-order chi connectivity index (χ1) is 3.72. The Balaban J connectivity index is 3.02. The van der Waals surface area contributed by atoms with Crippen LogP contribution in [0.1, 0.15) is 6.92 Å². The molecule has 0 saturated carbocycles. The molecule has 0 radical (unpaired) electrons. The summed E-state index contributed by atoms with van der Waals surface area (Å²) in [6.45, 7) is 1.85. The Bertz CT molecular complexity index is 189. The van der Waals surface area contributed by atoms with Crippen molar-refractivity contribution in [1.82, 2.24) is 0 Å². The van der Waals surface area contributed by atoms with Crippen molar-refractivity contribution in [1.29, 1.82) is 0 Å². The zero-order chi connectivity index (χ0) is 6.15. The Labute approximate surface area is 53.8 Å². The van der Waals surface area contributed by atoms with E-state index in [9.17, 15) is 4.57 Å². The summed E-state index contributed by atoms with van der Waals surface area (Å²) < 4.78 is 11.2. The van der Waals surface area contributed by atoms with Gasteiger partial charge in [0.2, 0.25) is 0 Å². The molecule has 0 bridgehead atoms. The molecular formula is C5H5ClOP+. The van der Waals surface area contributed by atoms with Gasteiger partial charge in [-0.05, 0) is 24.6 Å². The van der Waals surface area contributed by atoms with Gasteiger partial charge in [0.15, 0.2) is 5.82 Å². The molecule has 42 valence electrons. The van der Waals surface area contributed by atoms with Gasteiger partial charge in [-0.15, -0.1) is 0 Å². The maximum atomic E-state index is 10.7. The number of allylic oxidation sites excluding steroid dienone is 2. The Kier molecular flexibility index (Phi) is 1.50. The fraction of sp³-hybridized carbons (Fsp3) is 0.200. The fourth-order valence-corrected chi connectivity index (χ4v) is 1.63. The number of hydrogen-bond acceptors (Lipinski definition) is 1. The molecule has 0 aromatic heterocycles. The highest BCUT2D eigenvalue weighted by molar-refractivity contribution is 7.56. The summed E-state index contributed by atoms with van der Waals surface area (Å²) in [5, 5.41) is 0. The van der Waals surface area contributed by atoms with Crippen LogP contribution in [-0.2, 0) is 4.57 Å². The van der Waals surface area contributed by atoms with Crippen molar-refractivity contribution in [3.8, 4) is 0 Å². The first-order valence-electron chi connectivity index (χ1n) is 2.23. The quantitative estimate of drug-likeness (QED) is 0.482. The van der Waals surface area contributed by atoms with Crippen molar-refractivity contribution in [3.05, 3.63) is 22.2 Å². The van der Waals surface area contributed by atoms with Crippen molar-refractivity contribution in [2.75, 3.05) is 0 Å². The normalized spacial score (nSPS) is 23.0. The average molecular weight is 148 g/mol. The smallest absolute Gasteiger partial charge is 0.0609 e. The molecule has 1 unspecified atom stereocenters. The van der Waals surface area contributed by atoms with Crippen LogP contribution in [0, 0.1) is 0 Å². The van der Waals surface area contributed by atoms with Crippen molar-refractivity contribution in [3.63, 3.8) is 0 Å². The lowest BCUT2D eigenvalue weighted by Gasteiger charge is -1.73. The third-order valence-electron chi connectivity index (χ3n) is 0.979. The maximum Gasteiger partial charge on any atom is 0.420 e. The van der Waals surface area contributed by atoms with Gasteiger partial charge in [-0.1, -0.05) is 4.57 Å².